The van der Waals surface area contributed by atoms with Crippen LogP contribution in [0.3, 0.4) is 0 Å². The van der Waals surface area contributed by atoms with Crippen LogP contribution in [0.1, 0.15) is 0 Å². The van der Waals surface area contributed by atoms with Crippen LogP contribution in [0, 0.1) is 0 Å². The third kappa shape index (κ3) is 1.78. The van der Waals surface area contributed by atoms with Gasteiger partial charge in [-0.15, -0.1) is 0 Å². The van der Waals surface area contributed by atoms with Gasteiger partial charge in [0, 0.05) is 25.0 Å². The molecule has 5 heteroatoms. The highest BCUT2D eigenvalue weighted by molar-refractivity contribution is 9.10. The fraction of sp³-hybridized carbons (Fsp3) is 0.111. The second-order valence-electron chi connectivity index (χ2n) is 2.63. The molecule has 0 spiro atoms. The van der Waals surface area contributed by atoms with Gasteiger partial charge in [0.15, 0.2) is 0 Å². The molecule has 72 valence electrons. The van der Waals surface area contributed by atoms with Crippen molar-refractivity contribution in [3.63, 3.8) is 0 Å². The van der Waals surface area contributed by atoms with E-state index in [1.807, 2.05) is 25.4 Å². The number of nitrogens with one attached hydrogen (secondary N) is 1. The maximum absolute atomic E-state index is 4.38. The normalized spacial score (nSPS) is 10.1. The second kappa shape index (κ2) is 4.06. The molecule has 2 aromatic rings. The lowest BCUT2D eigenvalue weighted by molar-refractivity contribution is 1.30. The molecular weight excluding hydrogens is 262 g/mol. The summed E-state index contributed by atoms with van der Waals surface area (Å²) in [6.45, 7) is 0. The molecule has 0 aliphatic carbocycles. The van der Waals surface area contributed by atoms with E-state index >= 15 is 0 Å². The van der Waals surface area contributed by atoms with E-state index in [2.05, 4.69) is 31.2 Å². The number of aromatic nitrogens is 2. The zero-order valence-electron chi connectivity index (χ0n) is 7.49. The average Bonchev–Trinajstić information content (AvgIpc) is 2.61. The predicted molar refractivity (Wildman–Crippen MR) is 62.6 cm³/mol. The molecule has 0 radical (unpaired) electrons. The Hall–Kier alpha value is -0.940. The Balaban J connectivity index is 2.43. The molecule has 2 aromatic heterocycles. The van der Waals surface area contributed by atoms with E-state index in [4.69, 9.17) is 0 Å². The molecule has 0 aromatic carbocycles. The Kier molecular flexibility index (Phi) is 2.79. The first kappa shape index (κ1) is 9.61. The van der Waals surface area contributed by atoms with Gasteiger partial charge < -0.3 is 5.32 Å². The van der Waals surface area contributed by atoms with E-state index in [0.29, 0.717) is 0 Å². The number of hydrogen-bond acceptors (Lipinski definition) is 4. The SMILES string of the molecule is CNc1sc(-c2cccnc2)nc1Br. The first-order chi connectivity index (χ1) is 6.81. The van der Waals surface area contributed by atoms with Gasteiger partial charge in [-0.25, -0.2) is 4.98 Å². The van der Waals surface area contributed by atoms with Crippen molar-refractivity contribution in [2.24, 2.45) is 0 Å². The smallest absolute Gasteiger partial charge is 0.141 e. The second-order valence-corrected chi connectivity index (χ2v) is 4.38. The topological polar surface area (TPSA) is 37.8 Å². The molecular formula is C9H8BrN3S. The minimum Gasteiger partial charge on any atom is -0.378 e. The summed E-state index contributed by atoms with van der Waals surface area (Å²) in [5, 5.41) is 5.07. The molecule has 0 atom stereocenters. The first-order valence-corrected chi connectivity index (χ1v) is 5.66. The summed E-state index contributed by atoms with van der Waals surface area (Å²) < 4.78 is 0.851. The maximum atomic E-state index is 4.38. The van der Waals surface area contributed by atoms with Crippen molar-refractivity contribution in [2.75, 3.05) is 12.4 Å². The van der Waals surface area contributed by atoms with Gasteiger partial charge >= 0.3 is 0 Å². The van der Waals surface area contributed by atoms with Crippen LogP contribution in [-0.4, -0.2) is 17.0 Å². The fourth-order valence-electron chi connectivity index (χ4n) is 1.07. The molecule has 0 aliphatic heterocycles. The van der Waals surface area contributed by atoms with Crippen LogP contribution in [0.4, 0.5) is 5.00 Å². The molecule has 14 heavy (non-hydrogen) atoms. The number of rotatable bonds is 2. The standard InChI is InChI=1S/C9H8BrN3S/c1-11-9-7(10)13-8(14-9)6-3-2-4-12-5-6/h2-5,11H,1H3. The van der Waals surface area contributed by atoms with Crippen LogP contribution in [-0.2, 0) is 0 Å². The summed E-state index contributed by atoms with van der Waals surface area (Å²) in [5.74, 6) is 0. The molecule has 1 N–H and O–H groups in total. The summed E-state index contributed by atoms with van der Waals surface area (Å²) in [4.78, 5) is 8.44. The van der Waals surface area contributed by atoms with Gasteiger partial charge in [-0.2, -0.15) is 0 Å². The molecule has 0 bridgehead atoms. The van der Waals surface area contributed by atoms with Gasteiger partial charge in [-0.05, 0) is 28.1 Å². The van der Waals surface area contributed by atoms with Crippen LogP contribution < -0.4 is 5.32 Å². The van der Waals surface area contributed by atoms with E-state index in [1.54, 1.807) is 17.5 Å². The maximum Gasteiger partial charge on any atom is 0.141 e. The Bertz CT molecular complexity index is 427. The van der Waals surface area contributed by atoms with Gasteiger partial charge in [-0.3, -0.25) is 4.98 Å². The number of nitrogens with zero attached hydrogens (tertiary/aromatic N) is 2. The van der Waals surface area contributed by atoms with Crippen LogP contribution in [0.5, 0.6) is 0 Å². The van der Waals surface area contributed by atoms with Gasteiger partial charge in [0.25, 0.3) is 0 Å². The van der Waals surface area contributed by atoms with Crippen molar-refractivity contribution in [3.05, 3.63) is 29.1 Å². The third-order valence-corrected chi connectivity index (χ3v) is 3.68. The Morgan fingerprint density at radius 1 is 1.50 bits per heavy atom. The molecule has 3 nitrogen and oxygen atoms in total. The Labute approximate surface area is 94.4 Å². The lowest BCUT2D eigenvalue weighted by Gasteiger charge is -1.92. The third-order valence-electron chi connectivity index (χ3n) is 1.72. The van der Waals surface area contributed by atoms with Crippen molar-refractivity contribution in [3.8, 4) is 10.6 Å². The van der Waals surface area contributed by atoms with Crippen molar-refractivity contribution in [1.29, 1.82) is 0 Å². The van der Waals surface area contributed by atoms with Crippen LogP contribution in [0.2, 0.25) is 0 Å². The van der Waals surface area contributed by atoms with E-state index in [9.17, 15) is 0 Å². The number of pyridine rings is 1. The number of halogens is 1. The average molecular weight is 270 g/mol. The Morgan fingerprint density at radius 3 is 2.93 bits per heavy atom. The van der Waals surface area contributed by atoms with Crippen LogP contribution in [0.25, 0.3) is 10.6 Å². The lowest BCUT2D eigenvalue weighted by Crippen LogP contribution is -1.82. The summed E-state index contributed by atoms with van der Waals surface area (Å²) in [6, 6.07) is 3.90. The number of hydrogen-bond donors (Lipinski definition) is 1. The van der Waals surface area contributed by atoms with Gasteiger partial charge in [0.2, 0.25) is 0 Å². The molecule has 0 fully saturated rings. The van der Waals surface area contributed by atoms with Gasteiger partial charge in [0.05, 0.1) is 0 Å². The minimum atomic E-state index is 0.851. The molecule has 0 aliphatic rings. The van der Waals surface area contributed by atoms with Crippen molar-refractivity contribution in [1.82, 2.24) is 9.97 Å². The largest absolute Gasteiger partial charge is 0.378 e. The summed E-state index contributed by atoms with van der Waals surface area (Å²) in [5.41, 5.74) is 1.04. The Morgan fingerprint density at radius 2 is 2.36 bits per heavy atom. The van der Waals surface area contributed by atoms with E-state index in [-0.39, 0.29) is 0 Å². The van der Waals surface area contributed by atoms with Crippen LogP contribution in [0.15, 0.2) is 29.1 Å². The van der Waals surface area contributed by atoms with E-state index in [0.717, 1.165) is 20.2 Å². The molecule has 0 saturated heterocycles. The highest BCUT2D eigenvalue weighted by Crippen LogP contribution is 2.34. The first-order valence-electron chi connectivity index (χ1n) is 4.05. The molecule has 2 heterocycles. The number of anilines is 1. The zero-order valence-corrected chi connectivity index (χ0v) is 9.89. The summed E-state index contributed by atoms with van der Waals surface area (Å²) >= 11 is 4.99. The molecule has 0 amide bonds. The van der Waals surface area contributed by atoms with Gasteiger partial charge in [0.1, 0.15) is 14.6 Å². The van der Waals surface area contributed by atoms with Crippen molar-refractivity contribution < 1.29 is 0 Å². The monoisotopic (exact) mass is 269 g/mol. The van der Waals surface area contributed by atoms with Crippen molar-refractivity contribution in [2.45, 2.75) is 0 Å². The molecule has 0 unspecified atom stereocenters. The van der Waals surface area contributed by atoms with Crippen LogP contribution >= 0.6 is 27.3 Å². The predicted octanol–water partition coefficient (Wildman–Crippen LogP) is 3.01. The van der Waals surface area contributed by atoms with E-state index < -0.39 is 0 Å². The molecule has 2 rings (SSSR count). The molecule has 0 saturated carbocycles. The quantitative estimate of drug-likeness (QED) is 0.911. The highest BCUT2D eigenvalue weighted by Gasteiger charge is 2.08. The lowest BCUT2D eigenvalue weighted by atomic mass is 10.3. The van der Waals surface area contributed by atoms with Gasteiger partial charge in [-0.1, -0.05) is 11.3 Å². The summed E-state index contributed by atoms with van der Waals surface area (Å²) in [6.07, 6.45) is 3.57. The minimum absolute atomic E-state index is 0.851. The van der Waals surface area contributed by atoms with Crippen molar-refractivity contribution >= 4 is 32.3 Å². The number of thiazole rings is 1. The van der Waals surface area contributed by atoms with E-state index in [1.165, 1.54) is 0 Å². The summed E-state index contributed by atoms with van der Waals surface area (Å²) in [7, 11) is 1.88. The fourth-order valence-corrected chi connectivity index (χ4v) is 2.61. The zero-order chi connectivity index (χ0) is 9.97. The highest BCUT2D eigenvalue weighted by atomic mass is 79.9.